The summed E-state index contributed by atoms with van der Waals surface area (Å²) >= 11 is 0. The number of aliphatic hydroxyl groups excluding tert-OH is 3. The van der Waals surface area contributed by atoms with Crippen molar-refractivity contribution in [3.8, 4) is 0 Å². The first-order valence-corrected chi connectivity index (χ1v) is 20.7. The van der Waals surface area contributed by atoms with Gasteiger partial charge in [0, 0.05) is 13.0 Å². The van der Waals surface area contributed by atoms with Crippen LogP contribution in [-0.2, 0) is 14.3 Å². The summed E-state index contributed by atoms with van der Waals surface area (Å²) in [4.78, 5) is 28.6. The summed E-state index contributed by atoms with van der Waals surface area (Å²) in [6.45, 7) is 8.35. The maximum atomic E-state index is 13.8. The van der Waals surface area contributed by atoms with Crippen molar-refractivity contribution in [3.05, 3.63) is 0 Å². The quantitative estimate of drug-likeness (QED) is 0.0472. The Morgan fingerprint density at radius 2 is 1.12 bits per heavy atom. The molecule has 1 aliphatic heterocycles. The van der Waals surface area contributed by atoms with Crippen molar-refractivity contribution in [1.29, 1.82) is 0 Å². The molecule has 0 aromatic carbocycles. The smallest absolute Gasteiger partial charge is 0.237 e. The van der Waals surface area contributed by atoms with Gasteiger partial charge in [0.2, 0.25) is 11.8 Å². The zero-order chi connectivity index (χ0) is 36.3. The lowest BCUT2D eigenvalue weighted by Crippen LogP contribution is -2.69. The van der Waals surface area contributed by atoms with Gasteiger partial charge in [-0.05, 0) is 25.2 Å². The number of hydrogen-bond acceptors (Lipinski definition) is 7. The second kappa shape index (κ2) is 29.3. The highest BCUT2D eigenvalue weighted by atomic mass is 16.5. The third-order valence-corrected chi connectivity index (χ3v) is 10.1. The van der Waals surface area contributed by atoms with E-state index in [4.69, 9.17) is 10.5 Å². The molecule has 0 aromatic heterocycles. The molecule has 1 aliphatic rings. The zero-order valence-electron chi connectivity index (χ0n) is 32.2. The number of unbranched alkanes of at least 4 members (excludes halogenated alkanes) is 21. The summed E-state index contributed by atoms with van der Waals surface area (Å²) in [5.41, 5.74) is 6.17. The van der Waals surface area contributed by atoms with Crippen molar-refractivity contribution >= 4 is 11.8 Å². The van der Waals surface area contributed by atoms with Gasteiger partial charge in [-0.15, -0.1) is 0 Å². The fourth-order valence-corrected chi connectivity index (χ4v) is 7.01. The van der Waals surface area contributed by atoms with E-state index in [-0.39, 0.29) is 11.8 Å². The molecule has 290 valence electrons. The molecule has 0 bridgehead atoms. The molecule has 0 unspecified atom stereocenters. The van der Waals surface area contributed by atoms with Crippen molar-refractivity contribution in [2.45, 2.75) is 225 Å². The Kier molecular flexibility index (Phi) is 27.4. The normalized spacial score (nSPS) is 21.6. The van der Waals surface area contributed by atoms with Crippen LogP contribution in [0.5, 0.6) is 0 Å². The van der Waals surface area contributed by atoms with Crippen molar-refractivity contribution in [2.24, 2.45) is 11.7 Å². The maximum Gasteiger partial charge on any atom is 0.237 e. The van der Waals surface area contributed by atoms with E-state index in [9.17, 15) is 24.9 Å². The van der Waals surface area contributed by atoms with E-state index in [2.05, 4.69) is 19.2 Å². The molecule has 9 heteroatoms. The average Bonchev–Trinajstić information content (AvgIpc) is 3.07. The van der Waals surface area contributed by atoms with Gasteiger partial charge in [-0.25, -0.2) is 0 Å². The SMILES string of the molecule is CCCCCCCCCCCCCCCCN(C(=O)CCCCCCCCCCC)[C@@H]1O[C@H](CO)[C@@H](O)[C@H](O)[C@H]1NC(=O)[C@@H](N)CC(C)C. The third-order valence-electron chi connectivity index (χ3n) is 10.1. The van der Waals surface area contributed by atoms with Crippen LogP contribution in [-0.4, -0.2) is 81.8 Å². The van der Waals surface area contributed by atoms with Crippen LogP contribution in [0.3, 0.4) is 0 Å². The topological polar surface area (TPSA) is 145 Å². The molecule has 0 aliphatic carbocycles. The second-order valence-electron chi connectivity index (χ2n) is 15.3. The molecule has 6 atom stereocenters. The number of rotatable bonds is 31. The van der Waals surface area contributed by atoms with Crippen LogP contribution in [0.4, 0.5) is 0 Å². The number of amides is 2. The predicted octanol–water partition coefficient (Wildman–Crippen LogP) is 7.51. The van der Waals surface area contributed by atoms with Gasteiger partial charge >= 0.3 is 0 Å². The van der Waals surface area contributed by atoms with Crippen molar-refractivity contribution < 1.29 is 29.6 Å². The maximum absolute atomic E-state index is 13.8. The molecule has 1 rings (SSSR count). The molecule has 1 heterocycles. The van der Waals surface area contributed by atoms with E-state index in [1.54, 1.807) is 4.90 Å². The molecule has 1 fully saturated rings. The number of ether oxygens (including phenoxy) is 1. The third kappa shape index (κ3) is 20.4. The number of nitrogens with two attached hydrogens (primary N) is 1. The Balaban J connectivity index is 2.78. The van der Waals surface area contributed by atoms with E-state index >= 15 is 0 Å². The second-order valence-corrected chi connectivity index (χ2v) is 15.3. The molecule has 2 amide bonds. The Morgan fingerprint density at radius 1 is 0.694 bits per heavy atom. The van der Waals surface area contributed by atoms with Crippen LogP contribution in [0.15, 0.2) is 0 Å². The molecular formula is C40H79N3O6. The van der Waals surface area contributed by atoms with Crippen LogP contribution < -0.4 is 11.1 Å². The van der Waals surface area contributed by atoms with Crippen molar-refractivity contribution in [2.75, 3.05) is 13.2 Å². The highest BCUT2D eigenvalue weighted by Gasteiger charge is 2.48. The number of nitrogens with zero attached hydrogens (tertiary/aromatic N) is 1. The number of nitrogens with one attached hydrogen (secondary N) is 1. The van der Waals surface area contributed by atoms with E-state index in [0.29, 0.717) is 19.4 Å². The van der Waals surface area contributed by atoms with Crippen LogP contribution in [0.2, 0.25) is 0 Å². The fraction of sp³-hybridized carbons (Fsp3) is 0.950. The minimum atomic E-state index is -1.43. The molecule has 0 aromatic rings. The Hall–Kier alpha value is -1.26. The van der Waals surface area contributed by atoms with E-state index in [1.807, 2.05) is 13.8 Å². The molecule has 0 saturated carbocycles. The van der Waals surface area contributed by atoms with Gasteiger partial charge in [-0.2, -0.15) is 0 Å². The number of carbonyl (C=O) groups excluding carboxylic acids is 2. The first-order valence-electron chi connectivity index (χ1n) is 20.7. The summed E-state index contributed by atoms with van der Waals surface area (Å²) in [6.07, 6.45) is 23.5. The zero-order valence-corrected chi connectivity index (χ0v) is 32.2. The summed E-state index contributed by atoms with van der Waals surface area (Å²) in [5, 5.41) is 34.7. The average molecular weight is 698 g/mol. The van der Waals surface area contributed by atoms with E-state index < -0.39 is 49.1 Å². The Bertz CT molecular complexity index is 815. The summed E-state index contributed by atoms with van der Waals surface area (Å²) < 4.78 is 6.13. The van der Waals surface area contributed by atoms with Gasteiger partial charge in [0.15, 0.2) is 6.23 Å². The summed E-state index contributed by atoms with van der Waals surface area (Å²) in [6, 6.07) is -1.86. The predicted molar refractivity (Wildman–Crippen MR) is 201 cm³/mol. The van der Waals surface area contributed by atoms with Gasteiger partial charge in [-0.1, -0.05) is 163 Å². The number of aliphatic hydroxyl groups is 3. The molecular weight excluding hydrogens is 618 g/mol. The van der Waals surface area contributed by atoms with Gasteiger partial charge in [0.05, 0.1) is 12.6 Å². The van der Waals surface area contributed by atoms with Crippen molar-refractivity contribution in [1.82, 2.24) is 10.2 Å². The highest BCUT2D eigenvalue weighted by molar-refractivity contribution is 5.82. The standard InChI is InChI=1S/C40H79N3O6/c1-5-7-9-11-13-15-16-17-18-19-21-23-25-27-29-43(35(45)28-26-24-22-20-14-12-10-8-6-2)40-36(38(47)37(46)34(31-44)49-40)42-39(48)33(41)30-32(3)4/h32-34,36-38,40,44,46-47H,5-31,41H2,1-4H3,(H,42,48)/t33-,34+,36+,37+,38+,40+/m0/s1. The van der Waals surface area contributed by atoms with E-state index in [0.717, 1.165) is 38.5 Å². The van der Waals surface area contributed by atoms with Gasteiger partial charge in [-0.3, -0.25) is 9.59 Å². The molecule has 6 N–H and O–H groups in total. The minimum absolute atomic E-state index is 0.0892. The Labute approximate surface area is 300 Å². The Morgan fingerprint density at radius 3 is 1.55 bits per heavy atom. The first-order chi connectivity index (χ1) is 23.7. The molecule has 9 nitrogen and oxygen atoms in total. The molecule has 0 radical (unpaired) electrons. The van der Waals surface area contributed by atoms with Gasteiger partial charge in [0.25, 0.3) is 0 Å². The molecule has 49 heavy (non-hydrogen) atoms. The van der Waals surface area contributed by atoms with Crippen LogP contribution in [0.1, 0.15) is 188 Å². The largest absolute Gasteiger partial charge is 0.394 e. The van der Waals surface area contributed by atoms with E-state index in [1.165, 1.54) is 109 Å². The summed E-state index contributed by atoms with van der Waals surface area (Å²) in [7, 11) is 0. The van der Waals surface area contributed by atoms with Gasteiger partial charge in [0.1, 0.15) is 24.4 Å². The lowest BCUT2D eigenvalue weighted by Gasteiger charge is -2.47. The fourth-order valence-electron chi connectivity index (χ4n) is 7.01. The monoisotopic (exact) mass is 698 g/mol. The molecule has 0 spiro atoms. The minimum Gasteiger partial charge on any atom is -0.394 e. The van der Waals surface area contributed by atoms with Crippen LogP contribution in [0.25, 0.3) is 0 Å². The number of hydrogen-bond donors (Lipinski definition) is 5. The highest BCUT2D eigenvalue weighted by Crippen LogP contribution is 2.26. The first kappa shape index (κ1) is 45.8. The summed E-state index contributed by atoms with van der Waals surface area (Å²) in [5.74, 6) is -0.347. The lowest BCUT2D eigenvalue weighted by atomic mass is 9.94. The number of carbonyl (C=O) groups is 2. The lowest BCUT2D eigenvalue weighted by molar-refractivity contribution is -0.231. The van der Waals surface area contributed by atoms with Crippen molar-refractivity contribution in [3.63, 3.8) is 0 Å². The van der Waals surface area contributed by atoms with Crippen LogP contribution >= 0.6 is 0 Å². The van der Waals surface area contributed by atoms with Gasteiger partial charge < -0.3 is 36.0 Å². The molecule has 1 saturated heterocycles. The van der Waals surface area contributed by atoms with Crippen LogP contribution in [0, 0.1) is 5.92 Å².